The second-order valence-electron chi connectivity index (χ2n) is 1.48. The molecule has 54 valence electrons. The summed E-state index contributed by atoms with van der Waals surface area (Å²) in [6, 6.07) is 0. The molecule has 0 fully saturated rings. The van der Waals surface area contributed by atoms with E-state index in [4.69, 9.17) is 9.47 Å². The molecule has 0 aromatic heterocycles. The van der Waals surface area contributed by atoms with Crippen LogP contribution in [0.15, 0.2) is 0 Å². The lowest BCUT2D eigenvalue weighted by molar-refractivity contribution is -0.123. The topological polar surface area (TPSA) is 18.5 Å². The molecule has 0 aliphatic heterocycles. The molecule has 0 bridgehead atoms. The molecule has 0 aromatic rings. The molecule has 0 heterocycles. The predicted molar refractivity (Wildman–Crippen MR) is 38.5 cm³/mol. The van der Waals surface area contributed by atoms with Crippen LogP contribution in [0.5, 0.6) is 0 Å². The van der Waals surface area contributed by atoms with Crippen molar-refractivity contribution >= 4 is 11.0 Å². The van der Waals surface area contributed by atoms with Crippen LogP contribution >= 0.6 is 0 Å². The van der Waals surface area contributed by atoms with Crippen LogP contribution in [-0.2, 0) is 9.47 Å². The van der Waals surface area contributed by atoms with E-state index in [0.29, 0.717) is 0 Å². The summed E-state index contributed by atoms with van der Waals surface area (Å²) in [4.78, 5) is 0. The lowest BCUT2D eigenvalue weighted by Crippen LogP contribution is -2.11. The Morgan fingerprint density at radius 1 is 1.11 bits per heavy atom. The van der Waals surface area contributed by atoms with Crippen LogP contribution in [0, 0.1) is 0 Å². The largest absolute Gasteiger partial charge is 0.353 e. The van der Waals surface area contributed by atoms with Crippen molar-refractivity contribution in [2.45, 2.75) is 27.1 Å². The highest BCUT2D eigenvalue weighted by Crippen LogP contribution is 1.90. The van der Waals surface area contributed by atoms with Gasteiger partial charge in [-0.15, -0.1) is 0 Å². The zero-order chi connectivity index (χ0) is 6.41. The molecule has 3 heteroatoms. The highest BCUT2D eigenvalue weighted by atomic mass is 28.1. The zero-order valence-corrected chi connectivity index (χ0v) is 7.31. The third kappa shape index (κ3) is 8.14. The fraction of sp³-hybridized carbons (Fsp3) is 1.00. The highest BCUT2D eigenvalue weighted by molar-refractivity contribution is 5.75. The van der Waals surface area contributed by atoms with Gasteiger partial charge in [0.15, 0.2) is 6.29 Å². The van der Waals surface area contributed by atoms with E-state index in [2.05, 4.69) is 0 Å². The first kappa shape index (κ1) is 11.9. The van der Waals surface area contributed by atoms with E-state index >= 15 is 0 Å². The third-order valence-corrected chi connectivity index (χ3v) is 0.803. The van der Waals surface area contributed by atoms with Crippen molar-refractivity contribution in [3.05, 3.63) is 0 Å². The van der Waals surface area contributed by atoms with Crippen LogP contribution in [0.2, 0.25) is 0 Å². The van der Waals surface area contributed by atoms with E-state index in [1.165, 1.54) is 0 Å². The summed E-state index contributed by atoms with van der Waals surface area (Å²) in [5.74, 6) is 0. The van der Waals surface area contributed by atoms with Crippen molar-refractivity contribution in [3.63, 3.8) is 0 Å². The standard InChI is InChI=1S/C6H14O2.Si/c1-4-7-6(3)8-5-2;/h6H,4-5H2,1-3H3;. The van der Waals surface area contributed by atoms with Crippen LogP contribution in [0.1, 0.15) is 20.8 Å². The van der Waals surface area contributed by atoms with E-state index in [9.17, 15) is 0 Å². The van der Waals surface area contributed by atoms with E-state index in [0.717, 1.165) is 13.2 Å². The van der Waals surface area contributed by atoms with Crippen LogP contribution in [0.3, 0.4) is 0 Å². The third-order valence-electron chi connectivity index (χ3n) is 0.803. The summed E-state index contributed by atoms with van der Waals surface area (Å²) in [7, 11) is 0. The first-order valence-corrected chi connectivity index (χ1v) is 3.04. The van der Waals surface area contributed by atoms with Gasteiger partial charge in [-0.3, -0.25) is 0 Å². The van der Waals surface area contributed by atoms with Crippen molar-refractivity contribution in [3.8, 4) is 0 Å². The summed E-state index contributed by atoms with van der Waals surface area (Å²) in [6.07, 6.45) is -0.0370. The molecule has 0 aliphatic carbocycles. The highest BCUT2D eigenvalue weighted by Gasteiger charge is 1.94. The normalized spacial score (nSPS) is 9.33. The summed E-state index contributed by atoms with van der Waals surface area (Å²) in [5.41, 5.74) is 0. The van der Waals surface area contributed by atoms with Crippen molar-refractivity contribution < 1.29 is 9.47 Å². The first-order valence-electron chi connectivity index (χ1n) is 3.04. The summed E-state index contributed by atoms with van der Waals surface area (Å²) in [5, 5.41) is 0. The zero-order valence-electron chi connectivity index (χ0n) is 6.31. The van der Waals surface area contributed by atoms with Gasteiger partial charge in [-0.1, -0.05) is 0 Å². The van der Waals surface area contributed by atoms with Crippen molar-refractivity contribution in [2.24, 2.45) is 0 Å². The minimum Gasteiger partial charge on any atom is -0.353 e. The van der Waals surface area contributed by atoms with E-state index in [-0.39, 0.29) is 17.3 Å². The summed E-state index contributed by atoms with van der Waals surface area (Å²) < 4.78 is 10.1. The Morgan fingerprint density at radius 3 is 1.67 bits per heavy atom. The SMILES string of the molecule is CCOC(C)OCC.[Si]. The molecular weight excluding hydrogens is 132 g/mol. The van der Waals surface area contributed by atoms with Gasteiger partial charge in [0.2, 0.25) is 0 Å². The van der Waals surface area contributed by atoms with Gasteiger partial charge in [0, 0.05) is 24.2 Å². The monoisotopic (exact) mass is 146 g/mol. The molecule has 0 aromatic carbocycles. The average Bonchev–Trinajstić information content (AvgIpc) is 1.68. The minimum atomic E-state index is -0.0370. The maximum absolute atomic E-state index is 5.06. The van der Waals surface area contributed by atoms with Gasteiger partial charge in [0.25, 0.3) is 0 Å². The Kier molecular flexibility index (Phi) is 10.7. The van der Waals surface area contributed by atoms with E-state index in [1.807, 2.05) is 20.8 Å². The second-order valence-corrected chi connectivity index (χ2v) is 1.48. The summed E-state index contributed by atoms with van der Waals surface area (Å²) >= 11 is 0. The Labute approximate surface area is 61.6 Å². The fourth-order valence-electron chi connectivity index (χ4n) is 0.518. The predicted octanol–water partition coefficient (Wildman–Crippen LogP) is 1.02. The molecule has 0 atom stereocenters. The number of hydrogen-bond donors (Lipinski definition) is 0. The minimum absolute atomic E-state index is 0. The molecular formula is C6H14O2Si. The Morgan fingerprint density at radius 2 is 1.44 bits per heavy atom. The molecule has 0 unspecified atom stereocenters. The second kappa shape index (κ2) is 8.14. The lowest BCUT2D eigenvalue weighted by atomic mass is 10.7. The molecule has 0 aliphatic rings. The lowest BCUT2D eigenvalue weighted by Gasteiger charge is -2.09. The van der Waals surface area contributed by atoms with Gasteiger partial charge in [-0.05, 0) is 20.8 Å². The van der Waals surface area contributed by atoms with E-state index in [1.54, 1.807) is 0 Å². The summed E-state index contributed by atoms with van der Waals surface area (Å²) in [6.45, 7) is 7.25. The van der Waals surface area contributed by atoms with Gasteiger partial charge >= 0.3 is 0 Å². The van der Waals surface area contributed by atoms with Gasteiger partial charge < -0.3 is 9.47 Å². The Balaban J connectivity index is 0. The van der Waals surface area contributed by atoms with Crippen LogP contribution in [0.25, 0.3) is 0 Å². The van der Waals surface area contributed by atoms with Crippen molar-refractivity contribution in [2.75, 3.05) is 13.2 Å². The molecule has 0 spiro atoms. The van der Waals surface area contributed by atoms with Crippen LogP contribution < -0.4 is 0 Å². The van der Waals surface area contributed by atoms with E-state index < -0.39 is 0 Å². The first-order chi connectivity index (χ1) is 3.81. The number of hydrogen-bond acceptors (Lipinski definition) is 2. The molecule has 0 rings (SSSR count). The van der Waals surface area contributed by atoms with Crippen LogP contribution in [0.4, 0.5) is 0 Å². The number of rotatable bonds is 4. The molecule has 2 nitrogen and oxygen atoms in total. The molecule has 0 N–H and O–H groups in total. The maximum Gasteiger partial charge on any atom is 0.154 e. The quantitative estimate of drug-likeness (QED) is 0.435. The number of ether oxygens (including phenoxy) is 2. The van der Waals surface area contributed by atoms with Gasteiger partial charge in [0.05, 0.1) is 0 Å². The molecule has 4 radical (unpaired) electrons. The van der Waals surface area contributed by atoms with Crippen molar-refractivity contribution in [1.29, 1.82) is 0 Å². The Hall–Kier alpha value is 0.137. The van der Waals surface area contributed by atoms with Gasteiger partial charge in [-0.2, -0.15) is 0 Å². The van der Waals surface area contributed by atoms with Crippen LogP contribution in [-0.4, -0.2) is 30.5 Å². The maximum atomic E-state index is 5.06. The van der Waals surface area contributed by atoms with Gasteiger partial charge in [-0.25, -0.2) is 0 Å². The fourth-order valence-corrected chi connectivity index (χ4v) is 0.518. The van der Waals surface area contributed by atoms with Gasteiger partial charge in [0.1, 0.15) is 0 Å². The molecule has 9 heavy (non-hydrogen) atoms. The molecule has 0 saturated carbocycles. The molecule has 0 saturated heterocycles. The average molecular weight is 146 g/mol. The smallest absolute Gasteiger partial charge is 0.154 e. The Bertz CT molecular complexity index is 44.3. The molecule has 0 amide bonds. The van der Waals surface area contributed by atoms with Crippen molar-refractivity contribution in [1.82, 2.24) is 0 Å².